The van der Waals surface area contributed by atoms with Crippen LogP contribution in [0.3, 0.4) is 0 Å². The molecule has 0 spiro atoms. The molecule has 0 radical (unpaired) electrons. The molecule has 0 bridgehead atoms. The third kappa shape index (κ3) is 2.43. The molecule has 0 aliphatic heterocycles. The van der Waals surface area contributed by atoms with Crippen LogP contribution in [0.15, 0.2) is 36.4 Å². The molecular formula is C16H16N2O2. The first kappa shape index (κ1) is 13.9. The van der Waals surface area contributed by atoms with Gasteiger partial charge in [0.2, 0.25) is 0 Å². The molecule has 0 unspecified atom stereocenters. The van der Waals surface area contributed by atoms with Gasteiger partial charge in [0, 0.05) is 11.4 Å². The molecule has 0 fully saturated rings. The summed E-state index contributed by atoms with van der Waals surface area (Å²) in [4.78, 5) is 13.9. The van der Waals surface area contributed by atoms with Crippen molar-refractivity contribution in [1.29, 1.82) is 5.26 Å². The van der Waals surface area contributed by atoms with Crippen molar-refractivity contribution >= 4 is 16.7 Å². The average Bonchev–Trinajstić information content (AvgIpc) is 2.44. The summed E-state index contributed by atoms with van der Waals surface area (Å²) in [5, 5.41) is 20.6. The average molecular weight is 268 g/mol. The Morgan fingerprint density at radius 2 is 2.00 bits per heavy atom. The topological polar surface area (TPSA) is 64.3 Å². The van der Waals surface area contributed by atoms with Gasteiger partial charge in [-0.15, -0.1) is 0 Å². The number of carbonyl (C=O) groups is 1. The maximum atomic E-state index is 12.5. The summed E-state index contributed by atoms with van der Waals surface area (Å²) in [5.74, 6) is -0.360. The zero-order chi connectivity index (χ0) is 14.7. The first-order chi connectivity index (χ1) is 9.56. The number of carbonyl (C=O) groups excluding carboxylic acids is 1. The van der Waals surface area contributed by atoms with Crippen molar-refractivity contribution in [3.63, 3.8) is 0 Å². The van der Waals surface area contributed by atoms with Gasteiger partial charge in [0.05, 0.1) is 11.6 Å². The lowest BCUT2D eigenvalue weighted by atomic mass is 10.0. The van der Waals surface area contributed by atoms with Gasteiger partial charge < -0.3 is 10.0 Å². The Morgan fingerprint density at radius 1 is 1.30 bits per heavy atom. The van der Waals surface area contributed by atoms with E-state index in [4.69, 9.17) is 5.26 Å². The minimum Gasteiger partial charge on any atom is -0.506 e. The normalized spacial score (nSPS) is 10.5. The quantitative estimate of drug-likeness (QED) is 0.870. The lowest BCUT2D eigenvalue weighted by Gasteiger charge is -2.24. The Morgan fingerprint density at radius 3 is 2.65 bits per heavy atom. The van der Waals surface area contributed by atoms with Crippen molar-refractivity contribution in [2.24, 2.45) is 0 Å². The van der Waals surface area contributed by atoms with E-state index >= 15 is 0 Å². The van der Waals surface area contributed by atoms with Crippen LogP contribution in [0.5, 0.6) is 5.75 Å². The van der Waals surface area contributed by atoms with Crippen LogP contribution in [0.25, 0.3) is 10.8 Å². The number of nitriles is 1. The van der Waals surface area contributed by atoms with Crippen molar-refractivity contribution < 1.29 is 9.90 Å². The van der Waals surface area contributed by atoms with Crippen LogP contribution in [0.4, 0.5) is 0 Å². The van der Waals surface area contributed by atoms with E-state index in [2.05, 4.69) is 0 Å². The molecule has 0 atom stereocenters. The number of hydrogen-bond acceptors (Lipinski definition) is 3. The molecule has 0 aliphatic carbocycles. The van der Waals surface area contributed by atoms with Crippen molar-refractivity contribution in [2.45, 2.75) is 19.9 Å². The molecule has 20 heavy (non-hydrogen) atoms. The van der Waals surface area contributed by atoms with E-state index < -0.39 is 0 Å². The molecule has 1 N–H and O–H groups in total. The molecule has 0 aromatic heterocycles. The zero-order valence-corrected chi connectivity index (χ0v) is 11.5. The van der Waals surface area contributed by atoms with Crippen LogP contribution in [-0.2, 0) is 0 Å². The minimum absolute atomic E-state index is 0.00274. The molecule has 4 nitrogen and oxygen atoms in total. The third-order valence-electron chi connectivity index (χ3n) is 3.26. The smallest absolute Gasteiger partial charge is 0.258 e. The molecule has 1 amide bonds. The summed E-state index contributed by atoms with van der Waals surface area (Å²) in [6.07, 6.45) is 0. The zero-order valence-electron chi connectivity index (χ0n) is 11.5. The van der Waals surface area contributed by atoms with Crippen molar-refractivity contribution in [2.75, 3.05) is 6.54 Å². The Kier molecular flexibility index (Phi) is 3.90. The Balaban J connectivity index is 2.50. The summed E-state index contributed by atoms with van der Waals surface area (Å²) in [5.41, 5.74) is 0.229. The highest BCUT2D eigenvalue weighted by Gasteiger charge is 2.22. The molecular weight excluding hydrogens is 252 g/mol. The standard InChI is InChI=1S/C16H16N2O2/c1-11(2)18(10-9-17)16(20)14-8-7-12-5-3-4-6-13(12)15(14)19/h3-8,11,19H,10H2,1-2H3. The highest BCUT2D eigenvalue weighted by molar-refractivity contribution is 6.03. The molecule has 0 saturated carbocycles. The number of fused-ring (bicyclic) bond motifs is 1. The Bertz CT molecular complexity index is 686. The fourth-order valence-corrected chi connectivity index (χ4v) is 2.15. The Hall–Kier alpha value is -2.54. The van der Waals surface area contributed by atoms with E-state index in [1.54, 1.807) is 18.2 Å². The lowest BCUT2D eigenvalue weighted by molar-refractivity contribution is 0.0728. The number of nitrogens with zero attached hydrogens (tertiary/aromatic N) is 2. The molecule has 0 aliphatic rings. The molecule has 4 heteroatoms. The number of rotatable bonds is 3. The number of phenolic OH excluding ortho intramolecular Hbond substituents is 1. The van der Waals surface area contributed by atoms with Gasteiger partial charge in [0.1, 0.15) is 12.3 Å². The highest BCUT2D eigenvalue weighted by Crippen LogP contribution is 2.29. The van der Waals surface area contributed by atoms with Crippen LogP contribution >= 0.6 is 0 Å². The van der Waals surface area contributed by atoms with Gasteiger partial charge in [-0.3, -0.25) is 4.79 Å². The fraction of sp³-hybridized carbons (Fsp3) is 0.250. The number of benzene rings is 2. The van der Waals surface area contributed by atoms with Crippen molar-refractivity contribution in [1.82, 2.24) is 4.90 Å². The van der Waals surface area contributed by atoms with Gasteiger partial charge in [0.15, 0.2) is 0 Å². The maximum Gasteiger partial charge on any atom is 0.258 e. The molecule has 0 heterocycles. The summed E-state index contributed by atoms with van der Waals surface area (Å²) in [6, 6.07) is 12.6. The van der Waals surface area contributed by atoms with E-state index in [9.17, 15) is 9.90 Å². The SMILES string of the molecule is CC(C)N(CC#N)C(=O)c1ccc2ccccc2c1O. The van der Waals surface area contributed by atoms with Crippen LogP contribution in [0.1, 0.15) is 24.2 Å². The molecule has 102 valence electrons. The van der Waals surface area contributed by atoms with E-state index in [-0.39, 0.29) is 29.8 Å². The van der Waals surface area contributed by atoms with Crippen LogP contribution in [-0.4, -0.2) is 28.5 Å². The number of hydrogen-bond donors (Lipinski definition) is 1. The van der Waals surface area contributed by atoms with E-state index in [1.807, 2.05) is 38.1 Å². The number of phenols is 1. The Labute approximate surface area is 117 Å². The van der Waals surface area contributed by atoms with Gasteiger partial charge in [0.25, 0.3) is 5.91 Å². The fourth-order valence-electron chi connectivity index (χ4n) is 2.15. The molecule has 0 saturated heterocycles. The van der Waals surface area contributed by atoms with Crippen molar-refractivity contribution in [3.8, 4) is 11.8 Å². The minimum atomic E-state index is -0.329. The van der Waals surface area contributed by atoms with Crippen molar-refractivity contribution in [3.05, 3.63) is 42.0 Å². The second kappa shape index (κ2) is 5.62. The van der Waals surface area contributed by atoms with Gasteiger partial charge in [-0.1, -0.05) is 30.3 Å². The molecule has 2 aromatic carbocycles. The van der Waals surface area contributed by atoms with Crippen LogP contribution in [0.2, 0.25) is 0 Å². The van der Waals surface area contributed by atoms with Gasteiger partial charge in [-0.25, -0.2) is 0 Å². The summed E-state index contributed by atoms with van der Waals surface area (Å²) in [7, 11) is 0. The summed E-state index contributed by atoms with van der Waals surface area (Å²) < 4.78 is 0. The van der Waals surface area contributed by atoms with Gasteiger partial charge >= 0.3 is 0 Å². The van der Waals surface area contributed by atoms with E-state index in [0.29, 0.717) is 5.39 Å². The number of aromatic hydroxyl groups is 1. The maximum absolute atomic E-state index is 12.5. The predicted molar refractivity (Wildman–Crippen MR) is 77.4 cm³/mol. The largest absolute Gasteiger partial charge is 0.506 e. The monoisotopic (exact) mass is 268 g/mol. The second-order valence-electron chi connectivity index (χ2n) is 4.87. The van der Waals surface area contributed by atoms with E-state index in [0.717, 1.165) is 5.39 Å². The van der Waals surface area contributed by atoms with Crippen LogP contribution in [0, 0.1) is 11.3 Å². The van der Waals surface area contributed by atoms with Gasteiger partial charge in [-0.2, -0.15) is 5.26 Å². The van der Waals surface area contributed by atoms with E-state index in [1.165, 1.54) is 4.90 Å². The number of amides is 1. The summed E-state index contributed by atoms with van der Waals surface area (Å²) >= 11 is 0. The first-order valence-electron chi connectivity index (χ1n) is 6.45. The highest BCUT2D eigenvalue weighted by atomic mass is 16.3. The third-order valence-corrected chi connectivity index (χ3v) is 3.26. The summed E-state index contributed by atoms with van der Waals surface area (Å²) in [6.45, 7) is 3.68. The second-order valence-corrected chi connectivity index (χ2v) is 4.87. The predicted octanol–water partition coefficient (Wildman–Crippen LogP) is 2.92. The molecule has 2 rings (SSSR count). The molecule has 2 aromatic rings. The first-order valence-corrected chi connectivity index (χ1v) is 6.45. The van der Waals surface area contributed by atoms with Crippen LogP contribution < -0.4 is 0 Å². The lowest BCUT2D eigenvalue weighted by Crippen LogP contribution is -2.37. The van der Waals surface area contributed by atoms with Gasteiger partial charge in [-0.05, 0) is 25.3 Å².